The second-order valence-electron chi connectivity index (χ2n) is 7.10. The second-order valence-corrected chi connectivity index (χ2v) is 9.25. The number of piperidine rings is 1. The van der Waals surface area contributed by atoms with Crippen LogP contribution in [0.2, 0.25) is 0 Å². The molecule has 6 nitrogen and oxygen atoms in total. The van der Waals surface area contributed by atoms with Gasteiger partial charge in [-0.3, -0.25) is 14.9 Å². The van der Waals surface area contributed by atoms with Crippen molar-refractivity contribution in [3.05, 3.63) is 45.0 Å². The Bertz CT molecular complexity index is 850. The Kier molecular flexibility index (Phi) is 6.16. The number of carbonyl (C=O) groups is 1. The number of amides is 1. The predicted octanol–water partition coefficient (Wildman–Crippen LogP) is 5.16. The Morgan fingerprint density at radius 1 is 1.41 bits per heavy atom. The number of aromatic nitrogens is 1. The van der Waals surface area contributed by atoms with Crippen LogP contribution in [-0.4, -0.2) is 33.3 Å². The molecule has 1 saturated heterocycles. The summed E-state index contributed by atoms with van der Waals surface area (Å²) in [5, 5.41) is 13.5. The van der Waals surface area contributed by atoms with Crippen LogP contribution in [0.5, 0.6) is 0 Å². The van der Waals surface area contributed by atoms with E-state index in [2.05, 4.69) is 18.8 Å². The van der Waals surface area contributed by atoms with Gasteiger partial charge in [0.1, 0.15) is 0 Å². The Morgan fingerprint density at radius 2 is 2.19 bits per heavy atom. The molecule has 0 bridgehead atoms. The van der Waals surface area contributed by atoms with Gasteiger partial charge in [-0.05, 0) is 44.2 Å². The lowest BCUT2D eigenvalue weighted by Crippen LogP contribution is -2.46. The summed E-state index contributed by atoms with van der Waals surface area (Å²) in [6.07, 6.45) is 3.09. The molecule has 1 amide bonds. The first kappa shape index (κ1) is 19.8. The van der Waals surface area contributed by atoms with Gasteiger partial charge < -0.3 is 4.90 Å². The molecule has 1 fully saturated rings. The summed E-state index contributed by atoms with van der Waals surface area (Å²) in [5.41, 5.74) is 1.23. The van der Waals surface area contributed by atoms with E-state index in [0.717, 1.165) is 29.3 Å². The van der Waals surface area contributed by atoms with Crippen molar-refractivity contribution in [1.82, 2.24) is 9.88 Å². The van der Waals surface area contributed by atoms with Crippen LogP contribution in [0.15, 0.2) is 32.8 Å². The van der Waals surface area contributed by atoms with E-state index in [1.54, 1.807) is 12.1 Å². The number of nitro groups is 1. The highest BCUT2D eigenvalue weighted by Gasteiger charge is 2.30. The number of rotatable bonds is 5. The molecule has 0 N–H and O–H groups in total. The number of aryl methyl sites for hydroxylation is 1. The molecule has 27 heavy (non-hydrogen) atoms. The molecule has 2 heterocycles. The third-order valence-electron chi connectivity index (χ3n) is 4.78. The molecule has 1 unspecified atom stereocenters. The molecular weight excluding hydrogens is 382 g/mol. The highest BCUT2D eigenvalue weighted by atomic mass is 32.2. The van der Waals surface area contributed by atoms with Crippen LogP contribution < -0.4 is 0 Å². The van der Waals surface area contributed by atoms with Crippen molar-refractivity contribution in [2.75, 3.05) is 6.54 Å². The van der Waals surface area contributed by atoms with Gasteiger partial charge in [-0.15, -0.1) is 11.3 Å². The fourth-order valence-corrected chi connectivity index (χ4v) is 5.30. The minimum atomic E-state index is -0.421. The van der Waals surface area contributed by atoms with Crippen molar-refractivity contribution < 1.29 is 9.72 Å². The first-order chi connectivity index (χ1) is 12.9. The lowest BCUT2D eigenvalue weighted by atomic mass is 9.92. The molecule has 1 aromatic heterocycles. The molecule has 0 saturated carbocycles. The van der Waals surface area contributed by atoms with Gasteiger partial charge in [0.2, 0.25) is 0 Å². The third-order valence-corrected chi connectivity index (χ3v) is 6.90. The van der Waals surface area contributed by atoms with Gasteiger partial charge in [0.25, 0.3) is 11.6 Å². The number of benzene rings is 1. The topological polar surface area (TPSA) is 76.3 Å². The quantitative estimate of drug-likeness (QED) is 0.507. The molecule has 1 aromatic carbocycles. The van der Waals surface area contributed by atoms with Gasteiger partial charge in [-0.25, -0.2) is 4.98 Å². The van der Waals surface area contributed by atoms with Crippen molar-refractivity contribution >= 4 is 34.7 Å². The summed E-state index contributed by atoms with van der Waals surface area (Å²) in [7, 11) is 0. The lowest BCUT2D eigenvalue weighted by Gasteiger charge is -2.38. The minimum absolute atomic E-state index is 0.0446. The number of thiazole rings is 1. The summed E-state index contributed by atoms with van der Waals surface area (Å²) in [5.74, 6) is 0.255. The van der Waals surface area contributed by atoms with Gasteiger partial charge in [-0.1, -0.05) is 25.6 Å². The maximum absolute atomic E-state index is 13.0. The molecule has 0 aliphatic carbocycles. The molecule has 3 rings (SSSR count). The molecule has 144 valence electrons. The molecule has 1 atom stereocenters. The molecule has 2 aromatic rings. The van der Waals surface area contributed by atoms with Gasteiger partial charge in [-0.2, -0.15) is 0 Å². The maximum Gasteiger partial charge on any atom is 0.284 e. The van der Waals surface area contributed by atoms with E-state index in [4.69, 9.17) is 0 Å². The van der Waals surface area contributed by atoms with Crippen molar-refractivity contribution in [2.24, 2.45) is 5.92 Å². The van der Waals surface area contributed by atoms with E-state index in [0.29, 0.717) is 22.9 Å². The highest BCUT2D eigenvalue weighted by molar-refractivity contribution is 8.01. The highest BCUT2D eigenvalue weighted by Crippen LogP contribution is 2.37. The van der Waals surface area contributed by atoms with Crippen LogP contribution >= 0.6 is 23.1 Å². The summed E-state index contributed by atoms with van der Waals surface area (Å²) in [4.78, 5) is 31.0. The van der Waals surface area contributed by atoms with Crippen LogP contribution in [0.3, 0.4) is 0 Å². The van der Waals surface area contributed by atoms with Crippen LogP contribution in [-0.2, 0) is 0 Å². The molecular formula is C19H23N3O3S2. The van der Waals surface area contributed by atoms with E-state index < -0.39 is 4.92 Å². The summed E-state index contributed by atoms with van der Waals surface area (Å²) in [6.45, 7) is 6.84. The summed E-state index contributed by atoms with van der Waals surface area (Å²) >= 11 is 2.72. The molecule has 0 spiro atoms. The Balaban J connectivity index is 1.88. The maximum atomic E-state index is 13.0. The van der Waals surface area contributed by atoms with E-state index >= 15 is 0 Å². The van der Waals surface area contributed by atoms with Crippen molar-refractivity contribution in [3.8, 4) is 0 Å². The zero-order valence-corrected chi connectivity index (χ0v) is 17.3. The number of likely N-dealkylation sites (tertiary alicyclic amines) is 1. The summed E-state index contributed by atoms with van der Waals surface area (Å²) < 4.78 is 0.755. The van der Waals surface area contributed by atoms with Crippen LogP contribution in [0.25, 0.3) is 0 Å². The van der Waals surface area contributed by atoms with E-state index in [-0.39, 0.29) is 17.6 Å². The van der Waals surface area contributed by atoms with Gasteiger partial charge in [0.15, 0.2) is 4.34 Å². The normalized spacial score (nSPS) is 17.3. The van der Waals surface area contributed by atoms with Gasteiger partial charge >= 0.3 is 0 Å². The number of hydrogen-bond donors (Lipinski definition) is 0. The lowest BCUT2D eigenvalue weighted by molar-refractivity contribution is -0.387. The van der Waals surface area contributed by atoms with Crippen molar-refractivity contribution in [1.29, 1.82) is 0 Å². The van der Waals surface area contributed by atoms with E-state index in [9.17, 15) is 14.9 Å². The monoisotopic (exact) mass is 405 g/mol. The van der Waals surface area contributed by atoms with Crippen molar-refractivity contribution in [2.45, 2.75) is 55.3 Å². The predicted molar refractivity (Wildman–Crippen MR) is 108 cm³/mol. The van der Waals surface area contributed by atoms with E-state index in [1.165, 1.54) is 29.2 Å². The number of nitrogens with zero attached hydrogens (tertiary/aromatic N) is 3. The van der Waals surface area contributed by atoms with E-state index in [1.807, 2.05) is 17.2 Å². The van der Waals surface area contributed by atoms with Crippen LogP contribution in [0.1, 0.15) is 49.2 Å². The first-order valence-electron chi connectivity index (χ1n) is 9.06. The molecule has 1 aliphatic rings. The smallest absolute Gasteiger partial charge is 0.284 e. The SMILES string of the molecule is Cc1csc(Sc2ccc(C(=O)N3CCCCC3C(C)C)cc2[N+](=O)[O-])n1. The largest absolute Gasteiger partial charge is 0.335 e. The number of hydrogen-bond acceptors (Lipinski definition) is 6. The Morgan fingerprint density at radius 3 is 2.81 bits per heavy atom. The van der Waals surface area contributed by atoms with Crippen molar-refractivity contribution in [3.63, 3.8) is 0 Å². The zero-order valence-electron chi connectivity index (χ0n) is 15.7. The van der Waals surface area contributed by atoms with Crippen LogP contribution in [0, 0.1) is 23.0 Å². The standard InChI is InChI=1S/C19H23N3O3S2/c1-12(2)15-6-4-5-9-21(15)18(23)14-7-8-17(16(10-14)22(24)25)27-19-20-13(3)11-26-19/h7-8,10-12,15H,4-6,9H2,1-3H3. The number of carbonyl (C=O) groups excluding carboxylic acids is 1. The van der Waals surface area contributed by atoms with Crippen LogP contribution in [0.4, 0.5) is 5.69 Å². The average molecular weight is 406 g/mol. The molecule has 0 radical (unpaired) electrons. The van der Waals surface area contributed by atoms with Gasteiger partial charge in [0, 0.05) is 35.3 Å². The number of nitro benzene ring substituents is 1. The van der Waals surface area contributed by atoms with Gasteiger partial charge in [0.05, 0.1) is 9.82 Å². The Labute approximate surface area is 167 Å². The first-order valence-corrected chi connectivity index (χ1v) is 10.8. The average Bonchev–Trinajstić information content (AvgIpc) is 3.06. The minimum Gasteiger partial charge on any atom is -0.335 e. The third kappa shape index (κ3) is 4.50. The second kappa shape index (κ2) is 8.39. The molecule has 8 heteroatoms. The summed E-state index contributed by atoms with van der Waals surface area (Å²) in [6, 6.07) is 4.97. The zero-order chi connectivity index (χ0) is 19.6. The Hall–Kier alpha value is -1.93. The fraction of sp³-hybridized carbons (Fsp3) is 0.474. The fourth-order valence-electron chi connectivity index (χ4n) is 3.42. The molecule has 1 aliphatic heterocycles.